The Bertz CT molecular complexity index is 559. The van der Waals surface area contributed by atoms with Crippen molar-refractivity contribution in [2.75, 3.05) is 10.6 Å². The van der Waals surface area contributed by atoms with Gasteiger partial charge >= 0.3 is 12.6 Å². The van der Waals surface area contributed by atoms with Gasteiger partial charge in [-0.15, -0.1) is 0 Å². The number of amides is 2. The Morgan fingerprint density at radius 1 is 0.900 bits per heavy atom. The first-order chi connectivity index (χ1) is 9.63. The Morgan fingerprint density at radius 2 is 1.45 bits per heavy atom. The molecule has 0 bridgehead atoms. The number of benzene rings is 2. The summed E-state index contributed by atoms with van der Waals surface area (Å²) < 4.78 is 28.2. The highest BCUT2D eigenvalue weighted by atomic mass is 19.3. The number of alkyl halides is 2. The summed E-state index contributed by atoms with van der Waals surface area (Å²) in [5.41, 5.74) is 1.13. The summed E-state index contributed by atoms with van der Waals surface area (Å²) in [5, 5.41) is 5.21. The fraction of sp³-hybridized carbons (Fsp3) is 0.0714. The molecule has 2 amide bonds. The first kappa shape index (κ1) is 13.8. The molecule has 0 aliphatic carbocycles. The van der Waals surface area contributed by atoms with E-state index < -0.39 is 12.6 Å². The van der Waals surface area contributed by atoms with Gasteiger partial charge in [-0.1, -0.05) is 18.2 Å². The van der Waals surface area contributed by atoms with Crippen LogP contribution in [0.3, 0.4) is 0 Å². The summed E-state index contributed by atoms with van der Waals surface area (Å²) in [6.45, 7) is -2.87. The van der Waals surface area contributed by atoms with E-state index in [0.29, 0.717) is 11.4 Å². The SMILES string of the molecule is O=C(Nc1ccccc1)Nc1ccc(OC(F)F)cc1. The average Bonchev–Trinajstić information content (AvgIpc) is 2.41. The molecule has 0 radical (unpaired) electrons. The lowest BCUT2D eigenvalue weighted by Crippen LogP contribution is -2.19. The minimum atomic E-state index is -2.87. The van der Waals surface area contributed by atoms with Crippen LogP contribution in [0.2, 0.25) is 0 Å². The molecule has 0 saturated heterocycles. The summed E-state index contributed by atoms with van der Waals surface area (Å²) in [6.07, 6.45) is 0. The molecule has 0 unspecified atom stereocenters. The van der Waals surface area contributed by atoms with E-state index in [1.807, 2.05) is 6.07 Å². The standard InChI is InChI=1S/C14H12F2N2O2/c15-13(16)20-12-8-6-11(7-9-12)18-14(19)17-10-4-2-1-3-5-10/h1-9,13H,(H2,17,18,19). The molecule has 2 aromatic carbocycles. The number of nitrogens with one attached hydrogen (secondary N) is 2. The normalized spacial score (nSPS) is 10.2. The minimum Gasteiger partial charge on any atom is -0.435 e. The van der Waals surface area contributed by atoms with Crippen molar-refractivity contribution in [2.45, 2.75) is 6.61 Å². The maximum absolute atomic E-state index is 12.0. The first-order valence-corrected chi connectivity index (χ1v) is 5.81. The molecule has 0 aromatic heterocycles. The molecule has 4 nitrogen and oxygen atoms in total. The smallest absolute Gasteiger partial charge is 0.387 e. The van der Waals surface area contributed by atoms with E-state index in [1.54, 1.807) is 24.3 Å². The summed E-state index contributed by atoms with van der Waals surface area (Å²) >= 11 is 0. The van der Waals surface area contributed by atoms with Crippen molar-refractivity contribution < 1.29 is 18.3 Å². The van der Waals surface area contributed by atoms with Crippen molar-refractivity contribution in [3.8, 4) is 5.75 Å². The monoisotopic (exact) mass is 278 g/mol. The van der Waals surface area contributed by atoms with Gasteiger partial charge in [-0.05, 0) is 36.4 Å². The van der Waals surface area contributed by atoms with Crippen molar-refractivity contribution in [1.29, 1.82) is 0 Å². The number of carbonyl (C=O) groups is 1. The molecular formula is C14H12F2N2O2. The molecule has 0 spiro atoms. The highest BCUT2D eigenvalue weighted by Gasteiger charge is 2.05. The Hall–Kier alpha value is -2.63. The van der Waals surface area contributed by atoms with Crippen LogP contribution >= 0.6 is 0 Å². The zero-order valence-corrected chi connectivity index (χ0v) is 10.3. The Morgan fingerprint density at radius 3 is 2.00 bits per heavy atom. The van der Waals surface area contributed by atoms with Crippen LogP contribution in [0.15, 0.2) is 54.6 Å². The number of ether oxygens (including phenoxy) is 1. The number of rotatable bonds is 4. The van der Waals surface area contributed by atoms with Crippen LogP contribution in [-0.2, 0) is 0 Å². The number of para-hydroxylation sites is 1. The summed E-state index contributed by atoms with van der Waals surface area (Å²) in [6, 6.07) is 14.2. The van der Waals surface area contributed by atoms with Crippen molar-refractivity contribution in [1.82, 2.24) is 0 Å². The molecule has 104 valence electrons. The number of urea groups is 1. The third kappa shape index (κ3) is 4.24. The van der Waals surface area contributed by atoms with Crippen LogP contribution in [0.4, 0.5) is 25.0 Å². The van der Waals surface area contributed by atoms with E-state index in [-0.39, 0.29) is 5.75 Å². The van der Waals surface area contributed by atoms with Gasteiger partial charge in [-0.2, -0.15) is 8.78 Å². The molecule has 0 aliphatic rings. The Labute approximate surface area is 114 Å². The van der Waals surface area contributed by atoms with Gasteiger partial charge in [0.2, 0.25) is 0 Å². The maximum Gasteiger partial charge on any atom is 0.387 e. The zero-order valence-electron chi connectivity index (χ0n) is 10.3. The molecule has 0 saturated carbocycles. The Kier molecular flexibility index (Phi) is 4.49. The molecular weight excluding hydrogens is 266 g/mol. The van der Waals surface area contributed by atoms with E-state index in [9.17, 15) is 13.6 Å². The highest BCUT2D eigenvalue weighted by Crippen LogP contribution is 2.18. The van der Waals surface area contributed by atoms with Gasteiger partial charge in [0.15, 0.2) is 0 Å². The first-order valence-electron chi connectivity index (χ1n) is 5.81. The van der Waals surface area contributed by atoms with Crippen LogP contribution in [-0.4, -0.2) is 12.6 Å². The maximum atomic E-state index is 12.0. The van der Waals surface area contributed by atoms with E-state index in [0.717, 1.165) is 0 Å². The van der Waals surface area contributed by atoms with Crippen molar-refractivity contribution in [3.63, 3.8) is 0 Å². The van der Waals surface area contributed by atoms with E-state index in [2.05, 4.69) is 15.4 Å². The molecule has 20 heavy (non-hydrogen) atoms. The summed E-state index contributed by atoms with van der Waals surface area (Å²) in [7, 11) is 0. The third-order valence-corrected chi connectivity index (χ3v) is 2.37. The second-order valence-corrected chi connectivity index (χ2v) is 3.85. The molecule has 0 atom stereocenters. The van der Waals surface area contributed by atoms with E-state index >= 15 is 0 Å². The molecule has 6 heteroatoms. The molecule has 0 aliphatic heterocycles. The fourth-order valence-electron chi connectivity index (χ4n) is 1.53. The van der Waals surface area contributed by atoms with Crippen molar-refractivity contribution in [2.24, 2.45) is 0 Å². The van der Waals surface area contributed by atoms with Gasteiger partial charge < -0.3 is 15.4 Å². The lowest BCUT2D eigenvalue weighted by molar-refractivity contribution is -0.0498. The molecule has 0 fully saturated rings. The van der Waals surface area contributed by atoms with Gasteiger partial charge in [0.25, 0.3) is 0 Å². The van der Waals surface area contributed by atoms with E-state index in [4.69, 9.17) is 0 Å². The quantitative estimate of drug-likeness (QED) is 0.890. The third-order valence-electron chi connectivity index (χ3n) is 2.37. The Balaban J connectivity index is 1.91. The number of halogens is 2. The van der Waals surface area contributed by atoms with E-state index in [1.165, 1.54) is 24.3 Å². The molecule has 2 N–H and O–H groups in total. The van der Waals surface area contributed by atoms with Crippen LogP contribution in [0.5, 0.6) is 5.75 Å². The van der Waals surface area contributed by atoms with Crippen LogP contribution in [0.25, 0.3) is 0 Å². The highest BCUT2D eigenvalue weighted by molar-refractivity contribution is 5.99. The van der Waals surface area contributed by atoms with Crippen LogP contribution in [0, 0.1) is 0 Å². The largest absolute Gasteiger partial charge is 0.435 e. The predicted molar refractivity (Wildman–Crippen MR) is 72.2 cm³/mol. The average molecular weight is 278 g/mol. The lowest BCUT2D eigenvalue weighted by Gasteiger charge is -2.08. The number of hydrogen-bond acceptors (Lipinski definition) is 2. The van der Waals surface area contributed by atoms with Crippen LogP contribution < -0.4 is 15.4 Å². The van der Waals surface area contributed by atoms with Gasteiger partial charge in [0.1, 0.15) is 5.75 Å². The molecule has 2 rings (SSSR count). The number of hydrogen-bond donors (Lipinski definition) is 2. The minimum absolute atomic E-state index is 0.0361. The van der Waals surface area contributed by atoms with Gasteiger partial charge in [0.05, 0.1) is 0 Å². The van der Waals surface area contributed by atoms with Gasteiger partial charge in [-0.25, -0.2) is 4.79 Å². The second-order valence-electron chi connectivity index (χ2n) is 3.85. The summed E-state index contributed by atoms with van der Waals surface area (Å²) in [5.74, 6) is 0.0361. The molecule has 0 heterocycles. The number of anilines is 2. The predicted octanol–water partition coefficient (Wildman–Crippen LogP) is 3.93. The van der Waals surface area contributed by atoms with Crippen molar-refractivity contribution in [3.05, 3.63) is 54.6 Å². The number of carbonyl (C=O) groups excluding carboxylic acids is 1. The fourth-order valence-corrected chi connectivity index (χ4v) is 1.53. The lowest BCUT2D eigenvalue weighted by atomic mass is 10.3. The van der Waals surface area contributed by atoms with Crippen LogP contribution in [0.1, 0.15) is 0 Å². The summed E-state index contributed by atoms with van der Waals surface area (Å²) in [4.78, 5) is 11.7. The zero-order chi connectivity index (χ0) is 14.4. The van der Waals surface area contributed by atoms with Crippen molar-refractivity contribution >= 4 is 17.4 Å². The topological polar surface area (TPSA) is 50.4 Å². The van der Waals surface area contributed by atoms with Gasteiger partial charge in [0, 0.05) is 11.4 Å². The second kappa shape index (κ2) is 6.51. The molecule has 2 aromatic rings. The van der Waals surface area contributed by atoms with Gasteiger partial charge in [-0.3, -0.25) is 0 Å².